The van der Waals surface area contributed by atoms with Crippen LogP contribution in [0.15, 0.2) is 24.7 Å². The number of rotatable bonds is 3. The highest BCUT2D eigenvalue weighted by atomic mass is 16.6. The molecule has 1 aliphatic heterocycles. The molecule has 0 aliphatic carbocycles. The highest BCUT2D eigenvalue weighted by molar-refractivity contribution is 5.97. The second kappa shape index (κ2) is 5.67. The van der Waals surface area contributed by atoms with E-state index in [1.807, 2.05) is 0 Å². The van der Waals surface area contributed by atoms with Gasteiger partial charge in [0.15, 0.2) is 0 Å². The zero-order chi connectivity index (χ0) is 16.6. The van der Waals surface area contributed by atoms with Crippen molar-refractivity contribution in [2.75, 3.05) is 29.4 Å². The van der Waals surface area contributed by atoms with Crippen LogP contribution in [0.2, 0.25) is 0 Å². The Labute approximate surface area is 132 Å². The lowest BCUT2D eigenvalue weighted by Crippen LogP contribution is -2.51. The van der Waals surface area contributed by atoms with Crippen LogP contribution in [-0.2, 0) is 11.8 Å². The minimum absolute atomic E-state index is 0.0474. The Morgan fingerprint density at radius 1 is 1.30 bits per heavy atom. The Hall–Kier alpha value is -2.97. The average Bonchev–Trinajstić information content (AvgIpc) is 2.93. The summed E-state index contributed by atoms with van der Waals surface area (Å²) in [5.74, 6) is 0.0979. The van der Waals surface area contributed by atoms with Crippen LogP contribution in [0, 0.1) is 17.0 Å². The lowest BCUT2D eigenvalue weighted by molar-refractivity contribution is -0.384. The van der Waals surface area contributed by atoms with E-state index in [4.69, 9.17) is 0 Å². The van der Waals surface area contributed by atoms with Gasteiger partial charge in [-0.1, -0.05) is 0 Å². The minimum Gasteiger partial charge on any atom is -0.340 e. The molecule has 9 nitrogen and oxygen atoms in total. The number of nitrogens with zero attached hydrogens (tertiary/aromatic N) is 6. The van der Waals surface area contributed by atoms with Crippen molar-refractivity contribution in [1.82, 2.24) is 14.8 Å². The SMILES string of the molecule is Cc1cnc(N2CCN(c3cnn(C)c3)C(=O)C2)c([N+](=O)[O-])c1. The van der Waals surface area contributed by atoms with E-state index in [0.717, 1.165) is 5.69 Å². The molecule has 0 bridgehead atoms. The molecule has 3 rings (SSSR count). The van der Waals surface area contributed by atoms with Crippen LogP contribution in [0.3, 0.4) is 0 Å². The molecule has 1 amide bonds. The first-order valence-corrected chi connectivity index (χ1v) is 7.10. The number of amides is 1. The number of carbonyl (C=O) groups excluding carboxylic acids is 1. The molecule has 0 atom stereocenters. The summed E-state index contributed by atoms with van der Waals surface area (Å²) in [7, 11) is 1.78. The van der Waals surface area contributed by atoms with Crippen LogP contribution in [-0.4, -0.2) is 45.2 Å². The molecule has 1 aliphatic rings. The molecule has 0 N–H and O–H groups in total. The van der Waals surface area contributed by atoms with Crippen molar-refractivity contribution < 1.29 is 9.72 Å². The van der Waals surface area contributed by atoms with E-state index in [1.165, 1.54) is 6.07 Å². The highest BCUT2D eigenvalue weighted by Crippen LogP contribution is 2.28. The van der Waals surface area contributed by atoms with Gasteiger partial charge in [0.1, 0.15) is 0 Å². The fraction of sp³-hybridized carbons (Fsp3) is 0.357. The van der Waals surface area contributed by atoms with E-state index in [0.29, 0.717) is 18.7 Å². The van der Waals surface area contributed by atoms with Gasteiger partial charge in [0, 0.05) is 38.6 Å². The van der Waals surface area contributed by atoms with Gasteiger partial charge in [-0.15, -0.1) is 0 Å². The number of pyridine rings is 1. The quantitative estimate of drug-likeness (QED) is 0.616. The van der Waals surface area contributed by atoms with Gasteiger partial charge in [-0.05, 0) is 12.5 Å². The fourth-order valence-electron chi connectivity index (χ4n) is 2.60. The van der Waals surface area contributed by atoms with E-state index in [-0.39, 0.29) is 24.0 Å². The summed E-state index contributed by atoms with van der Waals surface area (Å²) in [6.45, 7) is 2.69. The Morgan fingerprint density at radius 2 is 2.09 bits per heavy atom. The van der Waals surface area contributed by atoms with Gasteiger partial charge in [0.05, 0.1) is 23.4 Å². The number of nitro groups is 1. The van der Waals surface area contributed by atoms with Gasteiger partial charge >= 0.3 is 5.69 Å². The number of carbonyl (C=O) groups is 1. The van der Waals surface area contributed by atoms with E-state index >= 15 is 0 Å². The summed E-state index contributed by atoms with van der Waals surface area (Å²) in [4.78, 5) is 30.6. The zero-order valence-electron chi connectivity index (χ0n) is 12.8. The normalized spacial score (nSPS) is 15.1. The standard InChI is InChI=1S/C14H16N6O3/c1-10-5-12(20(22)23)14(15-6-10)18-3-4-19(13(21)9-18)11-7-16-17(2)8-11/h5-8H,3-4,9H2,1-2H3. The third-order valence-corrected chi connectivity index (χ3v) is 3.70. The van der Waals surface area contributed by atoms with Crippen LogP contribution >= 0.6 is 0 Å². The summed E-state index contributed by atoms with van der Waals surface area (Å²) in [5.41, 5.74) is 1.36. The lowest BCUT2D eigenvalue weighted by Gasteiger charge is -2.33. The van der Waals surface area contributed by atoms with Crippen molar-refractivity contribution in [2.45, 2.75) is 6.92 Å². The number of aryl methyl sites for hydroxylation is 2. The predicted molar refractivity (Wildman–Crippen MR) is 83.4 cm³/mol. The third-order valence-electron chi connectivity index (χ3n) is 3.70. The summed E-state index contributed by atoms with van der Waals surface area (Å²) in [6.07, 6.45) is 4.96. The van der Waals surface area contributed by atoms with Gasteiger partial charge in [-0.25, -0.2) is 4.98 Å². The Morgan fingerprint density at radius 3 is 2.70 bits per heavy atom. The second-order valence-electron chi connectivity index (χ2n) is 5.45. The maximum atomic E-state index is 12.4. The van der Waals surface area contributed by atoms with Gasteiger partial charge in [-0.2, -0.15) is 5.10 Å². The first kappa shape index (κ1) is 14.9. The Balaban J connectivity index is 1.83. The van der Waals surface area contributed by atoms with Crippen molar-refractivity contribution >= 4 is 23.1 Å². The molecule has 9 heteroatoms. The number of aromatic nitrogens is 3. The zero-order valence-corrected chi connectivity index (χ0v) is 12.8. The summed E-state index contributed by atoms with van der Waals surface area (Å²) in [5, 5.41) is 15.3. The average molecular weight is 316 g/mol. The molecule has 2 aromatic rings. The maximum Gasteiger partial charge on any atom is 0.311 e. The van der Waals surface area contributed by atoms with E-state index in [9.17, 15) is 14.9 Å². The highest BCUT2D eigenvalue weighted by Gasteiger charge is 2.30. The summed E-state index contributed by atoms with van der Waals surface area (Å²) in [6, 6.07) is 1.47. The van der Waals surface area contributed by atoms with Crippen molar-refractivity contribution in [3.8, 4) is 0 Å². The van der Waals surface area contributed by atoms with Gasteiger partial charge in [0.2, 0.25) is 11.7 Å². The van der Waals surface area contributed by atoms with Crippen LogP contribution in [0.1, 0.15) is 5.56 Å². The largest absolute Gasteiger partial charge is 0.340 e. The predicted octanol–water partition coefficient (Wildman–Crippen LogP) is 0.885. The van der Waals surface area contributed by atoms with Gasteiger partial charge in [0.25, 0.3) is 0 Å². The number of hydrogen-bond acceptors (Lipinski definition) is 6. The van der Waals surface area contributed by atoms with Gasteiger partial charge in [-0.3, -0.25) is 19.6 Å². The fourth-order valence-corrected chi connectivity index (χ4v) is 2.60. The van der Waals surface area contributed by atoms with Crippen LogP contribution in [0.25, 0.3) is 0 Å². The smallest absolute Gasteiger partial charge is 0.311 e. The molecule has 1 saturated heterocycles. The molecule has 1 fully saturated rings. The molecule has 120 valence electrons. The van der Waals surface area contributed by atoms with E-state index in [1.54, 1.807) is 47.0 Å². The van der Waals surface area contributed by atoms with Crippen LogP contribution in [0.5, 0.6) is 0 Å². The second-order valence-corrected chi connectivity index (χ2v) is 5.45. The number of hydrogen-bond donors (Lipinski definition) is 0. The summed E-state index contributed by atoms with van der Waals surface area (Å²) >= 11 is 0. The molecule has 0 unspecified atom stereocenters. The van der Waals surface area contributed by atoms with Crippen molar-refractivity contribution in [3.63, 3.8) is 0 Å². The first-order chi connectivity index (χ1) is 11.0. The molecule has 3 heterocycles. The van der Waals surface area contributed by atoms with Crippen molar-refractivity contribution in [2.24, 2.45) is 7.05 Å². The summed E-state index contributed by atoms with van der Waals surface area (Å²) < 4.78 is 1.63. The monoisotopic (exact) mass is 316 g/mol. The first-order valence-electron chi connectivity index (χ1n) is 7.10. The maximum absolute atomic E-state index is 12.4. The number of piperazine rings is 1. The van der Waals surface area contributed by atoms with E-state index in [2.05, 4.69) is 10.1 Å². The molecule has 0 spiro atoms. The third kappa shape index (κ3) is 2.85. The molecule has 2 aromatic heterocycles. The Bertz CT molecular complexity index is 772. The molecular formula is C14H16N6O3. The van der Waals surface area contributed by atoms with Gasteiger partial charge < -0.3 is 9.80 Å². The topological polar surface area (TPSA) is 97.4 Å². The molecular weight excluding hydrogens is 300 g/mol. The van der Waals surface area contributed by atoms with Crippen molar-refractivity contribution in [1.29, 1.82) is 0 Å². The molecule has 0 saturated carbocycles. The minimum atomic E-state index is -0.465. The molecule has 0 aromatic carbocycles. The number of anilines is 2. The van der Waals surface area contributed by atoms with Crippen LogP contribution in [0.4, 0.5) is 17.2 Å². The van der Waals surface area contributed by atoms with Crippen molar-refractivity contribution in [3.05, 3.63) is 40.3 Å². The molecule has 23 heavy (non-hydrogen) atoms. The van der Waals surface area contributed by atoms with Crippen LogP contribution < -0.4 is 9.80 Å². The lowest BCUT2D eigenvalue weighted by atomic mass is 10.2. The Kier molecular flexibility index (Phi) is 3.68. The molecule has 0 radical (unpaired) electrons. The van der Waals surface area contributed by atoms with E-state index < -0.39 is 4.92 Å².